The molecule has 0 unspecified atom stereocenters. The van der Waals surface area contributed by atoms with E-state index < -0.39 is 0 Å². The Hall–Kier alpha value is -2.21. The molecule has 2 aromatic heterocycles. The minimum Gasteiger partial charge on any atom is -0.437 e. The van der Waals surface area contributed by atoms with E-state index in [0.717, 1.165) is 6.54 Å². The number of hydrogen-bond acceptors (Lipinski definition) is 6. The zero-order valence-corrected chi connectivity index (χ0v) is 11.0. The van der Waals surface area contributed by atoms with E-state index in [1.54, 1.807) is 31.6 Å². The van der Waals surface area contributed by atoms with Crippen LogP contribution in [0.4, 0.5) is 5.82 Å². The van der Waals surface area contributed by atoms with Crippen LogP contribution < -0.4 is 10.1 Å². The summed E-state index contributed by atoms with van der Waals surface area (Å²) < 4.78 is 10.7. The van der Waals surface area contributed by atoms with Crippen molar-refractivity contribution in [2.75, 3.05) is 19.0 Å². The Kier molecular flexibility index (Phi) is 4.63. The monoisotopic (exact) mass is 260 g/mol. The topological polar surface area (TPSA) is 69.2 Å². The SMILES string of the molecule is CCNc1cc(Oc2cccnc2)nc(COC)n1. The molecule has 0 radical (unpaired) electrons. The number of hydrogen-bond donors (Lipinski definition) is 1. The molecule has 0 atom stereocenters. The second-order valence-corrected chi connectivity index (χ2v) is 3.76. The van der Waals surface area contributed by atoms with Gasteiger partial charge in [0.1, 0.15) is 18.2 Å². The minimum absolute atomic E-state index is 0.336. The van der Waals surface area contributed by atoms with Crippen LogP contribution >= 0.6 is 0 Å². The molecule has 0 aliphatic heterocycles. The largest absolute Gasteiger partial charge is 0.437 e. The lowest BCUT2D eigenvalue weighted by Gasteiger charge is -2.09. The first kappa shape index (κ1) is 13.2. The first-order chi connectivity index (χ1) is 9.31. The second-order valence-electron chi connectivity index (χ2n) is 3.76. The van der Waals surface area contributed by atoms with E-state index in [1.165, 1.54) is 0 Å². The molecule has 6 nitrogen and oxygen atoms in total. The summed E-state index contributed by atoms with van der Waals surface area (Å²) >= 11 is 0. The van der Waals surface area contributed by atoms with Gasteiger partial charge in [-0.1, -0.05) is 0 Å². The van der Waals surface area contributed by atoms with Gasteiger partial charge in [0.2, 0.25) is 5.88 Å². The third kappa shape index (κ3) is 3.89. The number of aromatic nitrogens is 3. The van der Waals surface area contributed by atoms with Crippen LogP contribution in [-0.4, -0.2) is 28.6 Å². The first-order valence-electron chi connectivity index (χ1n) is 6.00. The van der Waals surface area contributed by atoms with E-state index in [0.29, 0.717) is 29.9 Å². The van der Waals surface area contributed by atoms with Crippen LogP contribution in [0.15, 0.2) is 30.6 Å². The predicted octanol–water partition coefficient (Wildman–Crippen LogP) is 2.24. The molecule has 100 valence electrons. The molecule has 6 heteroatoms. The van der Waals surface area contributed by atoms with Crippen LogP contribution in [0, 0.1) is 0 Å². The Morgan fingerprint density at radius 3 is 2.89 bits per heavy atom. The second kappa shape index (κ2) is 6.65. The maximum absolute atomic E-state index is 5.64. The molecule has 0 spiro atoms. The lowest BCUT2D eigenvalue weighted by molar-refractivity contribution is 0.177. The summed E-state index contributed by atoms with van der Waals surface area (Å²) in [5.74, 6) is 2.38. The highest BCUT2D eigenvalue weighted by Crippen LogP contribution is 2.20. The average Bonchev–Trinajstić information content (AvgIpc) is 2.40. The number of nitrogens with zero attached hydrogens (tertiary/aromatic N) is 3. The van der Waals surface area contributed by atoms with Gasteiger partial charge in [0.05, 0.1) is 6.20 Å². The Bertz CT molecular complexity index is 495. The van der Waals surface area contributed by atoms with Gasteiger partial charge in [0, 0.05) is 25.9 Å². The van der Waals surface area contributed by atoms with Crippen molar-refractivity contribution in [1.82, 2.24) is 15.0 Å². The first-order valence-corrected chi connectivity index (χ1v) is 6.00. The fourth-order valence-corrected chi connectivity index (χ4v) is 1.52. The van der Waals surface area contributed by atoms with Crippen LogP contribution in [0.2, 0.25) is 0 Å². The van der Waals surface area contributed by atoms with Crippen LogP contribution in [-0.2, 0) is 11.3 Å². The highest BCUT2D eigenvalue weighted by atomic mass is 16.5. The Labute approximate surface area is 111 Å². The van der Waals surface area contributed by atoms with Gasteiger partial charge >= 0.3 is 0 Å². The predicted molar refractivity (Wildman–Crippen MR) is 71.2 cm³/mol. The quantitative estimate of drug-likeness (QED) is 0.859. The van der Waals surface area contributed by atoms with Crippen LogP contribution in [0.5, 0.6) is 11.6 Å². The van der Waals surface area contributed by atoms with Gasteiger partial charge in [-0.15, -0.1) is 0 Å². The number of pyridine rings is 1. The maximum atomic E-state index is 5.64. The fourth-order valence-electron chi connectivity index (χ4n) is 1.52. The number of nitrogens with one attached hydrogen (secondary N) is 1. The van der Waals surface area contributed by atoms with Gasteiger partial charge in [-0.25, -0.2) is 4.98 Å². The maximum Gasteiger partial charge on any atom is 0.224 e. The molecule has 0 fully saturated rings. The van der Waals surface area contributed by atoms with Crippen molar-refractivity contribution in [3.05, 3.63) is 36.4 Å². The molecule has 0 aliphatic rings. The molecule has 0 aromatic carbocycles. The van der Waals surface area contributed by atoms with Crippen molar-refractivity contribution < 1.29 is 9.47 Å². The molecule has 2 rings (SSSR count). The van der Waals surface area contributed by atoms with E-state index in [9.17, 15) is 0 Å². The third-order valence-corrected chi connectivity index (χ3v) is 2.24. The number of anilines is 1. The summed E-state index contributed by atoms with van der Waals surface area (Å²) in [7, 11) is 1.60. The van der Waals surface area contributed by atoms with Gasteiger partial charge in [-0.05, 0) is 19.1 Å². The smallest absolute Gasteiger partial charge is 0.224 e. The lowest BCUT2D eigenvalue weighted by atomic mass is 10.4. The highest BCUT2D eigenvalue weighted by molar-refractivity contribution is 5.39. The summed E-state index contributed by atoms with van der Waals surface area (Å²) in [6.07, 6.45) is 3.32. The van der Waals surface area contributed by atoms with Crippen molar-refractivity contribution in [1.29, 1.82) is 0 Å². The van der Waals surface area contributed by atoms with E-state index >= 15 is 0 Å². The number of ether oxygens (including phenoxy) is 2. The Morgan fingerprint density at radius 2 is 2.21 bits per heavy atom. The molecule has 2 heterocycles. The molecule has 0 saturated carbocycles. The lowest BCUT2D eigenvalue weighted by Crippen LogP contribution is -2.05. The van der Waals surface area contributed by atoms with Crippen molar-refractivity contribution >= 4 is 5.82 Å². The van der Waals surface area contributed by atoms with E-state index in [4.69, 9.17) is 9.47 Å². The zero-order valence-electron chi connectivity index (χ0n) is 11.0. The van der Waals surface area contributed by atoms with Gasteiger partial charge < -0.3 is 14.8 Å². The highest BCUT2D eigenvalue weighted by Gasteiger charge is 2.06. The van der Waals surface area contributed by atoms with Gasteiger partial charge in [0.25, 0.3) is 0 Å². The number of methoxy groups -OCH3 is 1. The fraction of sp³-hybridized carbons (Fsp3) is 0.308. The van der Waals surface area contributed by atoms with Crippen LogP contribution in [0.3, 0.4) is 0 Å². The molecule has 2 aromatic rings. The van der Waals surface area contributed by atoms with E-state index in [2.05, 4.69) is 20.3 Å². The summed E-state index contributed by atoms with van der Waals surface area (Å²) in [6.45, 7) is 3.11. The van der Waals surface area contributed by atoms with Crippen molar-refractivity contribution in [2.24, 2.45) is 0 Å². The molecule has 0 aliphatic carbocycles. The molecule has 19 heavy (non-hydrogen) atoms. The summed E-state index contributed by atoms with van der Waals surface area (Å²) in [4.78, 5) is 12.6. The molecule has 0 saturated heterocycles. The van der Waals surface area contributed by atoms with Gasteiger partial charge in [-0.2, -0.15) is 4.98 Å². The molecule has 1 N–H and O–H groups in total. The molecular weight excluding hydrogens is 244 g/mol. The summed E-state index contributed by atoms with van der Waals surface area (Å²) in [5.41, 5.74) is 0. The zero-order chi connectivity index (χ0) is 13.5. The average molecular weight is 260 g/mol. The van der Waals surface area contributed by atoms with Crippen LogP contribution in [0.1, 0.15) is 12.7 Å². The van der Waals surface area contributed by atoms with Crippen molar-refractivity contribution in [3.63, 3.8) is 0 Å². The Morgan fingerprint density at radius 1 is 1.32 bits per heavy atom. The third-order valence-electron chi connectivity index (χ3n) is 2.24. The standard InChI is InChI=1S/C13H16N4O2/c1-3-15-11-7-13(17-12(16-11)9-18-2)19-10-5-4-6-14-8-10/h4-8H,3,9H2,1-2H3,(H,15,16,17). The summed E-state index contributed by atoms with van der Waals surface area (Å²) in [6, 6.07) is 5.37. The normalized spacial score (nSPS) is 10.2. The Balaban J connectivity index is 2.23. The molecule has 0 amide bonds. The molecular formula is C13H16N4O2. The summed E-state index contributed by atoms with van der Waals surface area (Å²) in [5, 5.41) is 3.13. The number of rotatable bonds is 6. The van der Waals surface area contributed by atoms with Crippen molar-refractivity contribution in [3.8, 4) is 11.6 Å². The van der Waals surface area contributed by atoms with Gasteiger partial charge in [-0.3, -0.25) is 4.98 Å². The van der Waals surface area contributed by atoms with Crippen molar-refractivity contribution in [2.45, 2.75) is 13.5 Å². The van der Waals surface area contributed by atoms with E-state index in [-0.39, 0.29) is 0 Å². The van der Waals surface area contributed by atoms with Crippen LogP contribution in [0.25, 0.3) is 0 Å². The minimum atomic E-state index is 0.336. The molecule has 0 bridgehead atoms. The van der Waals surface area contributed by atoms with Gasteiger partial charge in [0.15, 0.2) is 5.82 Å². The van der Waals surface area contributed by atoms with E-state index in [1.807, 2.05) is 13.0 Å².